The molecule has 0 atom stereocenters. The Balaban J connectivity index is 2.20. The van der Waals surface area contributed by atoms with Crippen molar-refractivity contribution in [2.75, 3.05) is 6.61 Å². The molecule has 0 amide bonds. The second-order valence-electron chi connectivity index (χ2n) is 6.31. The first-order valence-electron chi connectivity index (χ1n) is 7.00. The van der Waals surface area contributed by atoms with Gasteiger partial charge in [0, 0.05) is 32.2 Å². The number of carbonyl (C=O) groups is 1. The van der Waals surface area contributed by atoms with E-state index >= 15 is 0 Å². The number of carbonyl (C=O) groups excluding carboxylic acids is 1. The van der Waals surface area contributed by atoms with E-state index in [2.05, 4.69) is 24.7 Å². The Kier molecular flexibility index (Phi) is 4.72. The molecule has 0 radical (unpaired) electrons. The summed E-state index contributed by atoms with van der Waals surface area (Å²) in [6, 6.07) is 5.40. The highest BCUT2D eigenvalue weighted by molar-refractivity contribution is 6.76. The summed E-state index contributed by atoms with van der Waals surface area (Å²) in [6.07, 6.45) is 0.602. The Morgan fingerprint density at radius 3 is 2.73 bits per heavy atom. The molecule has 2 rings (SSSR count). The van der Waals surface area contributed by atoms with Gasteiger partial charge >= 0.3 is 0 Å². The van der Waals surface area contributed by atoms with E-state index in [1.165, 1.54) is 12.1 Å². The molecule has 1 heterocycles. The van der Waals surface area contributed by atoms with Crippen LogP contribution in [0.15, 0.2) is 18.2 Å². The summed E-state index contributed by atoms with van der Waals surface area (Å²) in [5, 5.41) is 15.5. The lowest BCUT2D eigenvalue weighted by atomic mass is 10.2. The second-order valence-corrected chi connectivity index (χ2v) is 11.9. The zero-order valence-corrected chi connectivity index (χ0v) is 13.9. The van der Waals surface area contributed by atoms with Gasteiger partial charge in [-0.1, -0.05) is 19.6 Å². The van der Waals surface area contributed by atoms with Crippen molar-refractivity contribution in [3.63, 3.8) is 0 Å². The summed E-state index contributed by atoms with van der Waals surface area (Å²) in [6.45, 7) is 7.67. The minimum absolute atomic E-state index is 0.0604. The normalized spacial score (nSPS) is 11.8. The minimum atomic E-state index is -1.16. The number of non-ortho nitro benzene ring substituents is 1. The zero-order chi connectivity index (χ0) is 16.3. The maximum Gasteiger partial charge on any atom is 0.270 e. The molecule has 22 heavy (non-hydrogen) atoms. The number of hydrogen-bond acceptors (Lipinski definition) is 5. The van der Waals surface area contributed by atoms with Gasteiger partial charge in [0.25, 0.3) is 5.69 Å². The number of nitrogens with zero attached hydrogens (tertiary/aromatic N) is 3. The van der Waals surface area contributed by atoms with Crippen LogP contribution in [0.3, 0.4) is 0 Å². The van der Waals surface area contributed by atoms with E-state index in [9.17, 15) is 14.9 Å². The Morgan fingerprint density at radius 2 is 2.14 bits per heavy atom. The van der Waals surface area contributed by atoms with E-state index in [-0.39, 0.29) is 18.1 Å². The topological polar surface area (TPSA) is 87.3 Å². The van der Waals surface area contributed by atoms with Crippen LogP contribution in [0, 0.1) is 10.1 Å². The third-order valence-corrected chi connectivity index (χ3v) is 5.00. The third-order valence-electron chi connectivity index (χ3n) is 3.30. The van der Waals surface area contributed by atoms with Crippen molar-refractivity contribution in [3.05, 3.63) is 34.0 Å². The third kappa shape index (κ3) is 3.77. The molecule has 0 bridgehead atoms. The summed E-state index contributed by atoms with van der Waals surface area (Å²) in [5.41, 5.74) is 0.781. The number of nitro benzene ring substituents is 1. The molecule has 118 valence electrons. The van der Waals surface area contributed by atoms with Crippen LogP contribution in [-0.4, -0.2) is 35.7 Å². The molecule has 0 aliphatic rings. The van der Waals surface area contributed by atoms with Crippen LogP contribution in [-0.2, 0) is 11.5 Å². The number of nitro groups is 1. The van der Waals surface area contributed by atoms with Crippen LogP contribution in [0.2, 0.25) is 25.7 Å². The summed E-state index contributed by atoms with van der Waals surface area (Å²) in [7, 11) is -1.16. The minimum Gasteiger partial charge on any atom is -0.360 e. The number of ether oxygens (including phenoxy) is 1. The van der Waals surface area contributed by atoms with Crippen LogP contribution in [0.5, 0.6) is 0 Å². The van der Waals surface area contributed by atoms with Crippen LogP contribution in [0.25, 0.3) is 10.9 Å². The Hall–Kier alpha value is -2.06. The highest BCUT2D eigenvalue weighted by atomic mass is 28.3. The fourth-order valence-electron chi connectivity index (χ4n) is 2.02. The molecular formula is C14H19N3O4Si. The monoisotopic (exact) mass is 321 g/mol. The molecule has 1 aromatic heterocycles. The van der Waals surface area contributed by atoms with Gasteiger partial charge in [0.05, 0.1) is 10.4 Å². The number of aldehydes is 1. The van der Waals surface area contributed by atoms with E-state index in [1.54, 1.807) is 10.7 Å². The molecule has 0 spiro atoms. The first kappa shape index (κ1) is 16.3. The van der Waals surface area contributed by atoms with Crippen molar-refractivity contribution in [2.24, 2.45) is 0 Å². The van der Waals surface area contributed by atoms with E-state index in [0.29, 0.717) is 23.8 Å². The Labute approximate surface area is 129 Å². The number of fused-ring (bicyclic) bond motifs is 1. The van der Waals surface area contributed by atoms with Crippen molar-refractivity contribution in [2.45, 2.75) is 32.4 Å². The largest absolute Gasteiger partial charge is 0.360 e. The van der Waals surface area contributed by atoms with Crippen LogP contribution < -0.4 is 0 Å². The van der Waals surface area contributed by atoms with E-state index in [0.717, 1.165) is 6.04 Å². The predicted molar refractivity (Wildman–Crippen MR) is 85.9 cm³/mol. The van der Waals surface area contributed by atoms with Crippen LogP contribution >= 0.6 is 0 Å². The van der Waals surface area contributed by atoms with Gasteiger partial charge in [0.15, 0.2) is 6.29 Å². The fourth-order valence-corrected chi connectivity index (χ4v) is 2.78. The summed E-state index contributed by atoms with van der Waals surface area (Å²) in [4.78, 5) is 21.4. The van der Waals surface area contributed by atoms with Gasteiger partial charge in [-0.2, -0.15) is 5.10 Å². The van der Waals surface area contributed by atoms with Crippen molar-refractivity contribution >= 4 is 31.0 Å². The molecule has 0 saturated carbocycles. The molecule has 0 aliphatic heterocycles. The summed E-state index contributed by atoms with van der Waals surface area (Å²) < 4.78 is 7.19. The van der Waals surface area contributed by atoms with Crippen molar-refractivity contribution < 1.29 is 14.5 Å². The van der Waals surface area contributed by atoms with Crippen molar-refractivity contribution in [3.8, 4) is 0 Å². The molecule has 0 fully saturated rings. The van der Waals surface area contributed by atoms with Gasteiger partial charge in [-0.15, -0.1) is 0 Å². The van der Waals surface area contributed by atoms with Gasteiger partial charge in [0.2, 0.25) is 0 Å². The van der Waals surface area contributed by atoms with Gasteiger partial charge in [-0.25, -0.2) is 4.68 Å². The lowest BCUT2D eigenvalue weighted by Crippen LogP contribution is -2.22. The fraction of sp³-hybridized carbons (Fsp3) is 0.429. The zero-order valence-electron chi connectivity index (χ0n) is 12.9. The predicted octanol–water partition coefficient (Wildman–Crippen LogP) is 3.07. The van der Waals surface area contributed by atoms with Crippen LogP contribution in [0.1, 0.15) is 10.5 Å². The molecule has 0 N–H and O–H groups in total. The Bertz CT molecular complexity index is 706. The smallest absolute Gasteiger partial charge is 0.270 e. The first-order valence-corrected chi connectivity index (χ1v) is 10.7. The Morgan fingerprint density at radius 1 is 1.41 bits per heavy atom. The highest BCUT2D eigenvalue weighted by Crippen LogP contribution is 2.23. The van der Waals surface area contributed by atoms with Gasteiger partial charge in [-0.3, -0.25) is 14.9 Å². The van der Waals surface area contributed by atoms with Gasteiger partial charge in [-0.05, 0) is 12.1 Å². The number of aromatic nitrogens is 2. The van der Waals surface area contributed by atoms with Crippen molar-refractivity contribution in [1.29, 1.82) is 0 Å². The molecule has 8 heteroatoms. The van der Waals surface area contributed by atoms with Crippen LogP contribution in [0.4, 0.5) is 5.69 Å². The summed E-state index contributed by atoms with van der Waals surface area (Å²) in [5.74, 6) is 0. The quantitative estimate of drug-likeness (QED) is 0.257. The standard InChI is InChI=1S/C14H19N3O4Si/c1-22(2,3)7-6-21-10-16-14-5-4-11(17(19)20)8-12(14)13(9-18)15-16/h4-5,8-9H,6-7,10H2,1-3H3. The second kappa shape index (κ2) is 6.37. The molecule has 0 aliphatic carbocycles. The average molecular weight is 321 g/mol. The molecule has 0 saturated heterocycles. The maximum atomic E-state index is 11.1. The average Bonchev–Trinajstić information content (AvgIpc) is 2.80. The lowest BCUT2D eigenvalue weighted by Gasteiger charge is -2.15. The lowest BCUT2D eigenvalue weighted by molar-refractivity contribution is -0.384. The molecular weight excluding hydrogens is 302 g/mol. The summed E-state index contributed by atoms with van der Waals surface area (Å²) >= 11 is 0. The number of rotatable bonds is 7. The first-order chi connectivity index (χ1) is 10.3. The maximum absolute atomic E-state index is 11.1. The number of benzene rings is 1. The molecule has 2 aromatic rings. The molecule has 7 nitrogen and oxygen atoms in total. The van der Waals surface area contributed by atoms with Crippen molar-refractivity contribution in [1.82, 2.24) is 9.78 Å². The molecule has 0 unspecified atom stereocenters. The van der Waals surface area contributed by atoms with Gasteiger partial charge in [0.1, 0.15) is 12.4 Å². The highest BCUT2D eigenvalue weighted by Gasteiger charge is 2.15. The number of hydrogen-bond donors (Lipinski definition) is 0. The van der Waals surface area contributed by atoms with E-state index in [1.807, 2.05) is 0 Å². The van der Waals surface area contributed by atoms with E-state index < -0.39 is 13.0 Å². The van der Waals surface area contributed by atoms with Gasteiger partial charge < -0.3 is 4.74 Å². The SMILES string of the molecule is C[Si](C)(C)CCOCn1nc(C=O)c2cc([N+](=O)[O-])ccc21. The van der Waals surface area contributed by atoms with E-state index in [4.69, 9.17) is 4.74 Å². The molecule has 1 aromatic carbocycles.